The minimum Gasteiger partial charge on any atom is -0.399 e. The molecule has 0 unspecified atom stereocenters. The van der Waals surface area contributed by atoms with E-state index in [9.17, 15) is 0 Å². The topological polar surface area (TPSA) is 87.9 Å². The number of hydrazine groups is 1. The number of hydrogen-bond donors (Lipinski definition) is 4. The molecule has 0 amide bonds. The number of anilines is 1. The van der Waals surface area contributed by atoms with Crippen LogP contribution in [0.25, 0.3) is 0 Å². The molecule has 1 saturated carbocycles. The van der Waals surface area contributed by atoms with Crippen LogP contribution in [-0.2, 0) is 0 Å². The minimum atomic E-state index is 0.570. The van der Waals surface area contributed by atoms with Crippen LogP contribution in [-0.4, -0.2) is 23.6 Å². The molecule has 6 nitrogen and oxygen atoms in total. The third-order valence-electron chi connectivity index (χ3n) is 5.59. The second kappa shape index (κ2) is 15.2. The van der Waals surface area contributed by atoms with Crippen LogP contribution < -0.4 is 21.9 Å². The average molecular weight is 441 g/mol. The summed E-state index contributed by atoms with van der Waals surface area (Å²) in [6, 6.07) is 2.07. The molecule has 5 N–H and O–H groups in total. The molecule has 0 saturated heterocycles. The Morgan fingerprint density at radius 2 is 1.88 bits per heavy atom. The van der Waals surface area contributed by atoms with Gasteiger partial charge in [-0.15, -0.1) is 0 Å². The van der Waals surface area contributed by atoms with Gasteiger partial charge in [0.2, 0.25) is 5.95 Å². The highest BCUT2D eigenvalue weighted by Gasteiger charge is 2.17. The van der Waals surface area contributed by atoms with Crippen LogP contribution in [0, 0.1) is 0 Å². The van der Waals surface area contributed by atoms with Crippen molar-refractivity contribution in [3.63, 3.8) is 0 Å². The van der Waals surface area contributed by atoms with E-state index < -0.39 is 0 Å². The monoisotopic (exact) mass is 440 g/mol. The number of aromatic nitrogens is 2. The zero-order chi connectivity index (χ0) is 23.9. The molecule has 6 heteroatoms. The van der Waals surface area contributed by atoms with E-state index >= 15 is 0 Å². The van der Waals surface area contributed by atoms with Gasteiger partial charge in [0.1, 0.15) is 0 Å². The predicted molar refractivity (Wildman–Crippen MR) is 138 cm³/mol. The summed E-state index contributed by atoms with van der Waals surface area (Å²) in [7, 11) is 1.86. The maximum Gasteiger partial charge on any atom is 0.223 e. The van der Waals surface area contributed by atoms with Gasteiger partial charge >= 0.3 is 0 Å². The van der Waals surface area contributed by atoms with Crippen molar-refractivity contribution in [2.24, 2.45) is 5.73 Å². The van der Waals surface area contributed by atoms with Gasteiger partial charge in [0.15, 0.2) is 0 Å². The maximum atomic E-state index is 5.99. The van der Waals surface area contributed by atoms with Crippen molar-refractivity contribution in [1.82, 2.24) is 20.8 Å². The Balaban J connectivity index is 0.00000249. The Hall–Kier alpha value is -2.60. The summed E-state index contributed by atoms with van der Waals surface area (Å²) in [5.41, 5.74) is 18.4. The van der Waals surface area contributed by atoms with Crippen molar-refractivity contribution in [3.05, 3.63) is 64.8 Å². The lowest BCUT2D eigenvalue weighted by molar-refractivity contribution is 0.436. The zero-order valence-electron chi connectivity index (χ0n) is 21.0. The summed E-state index contributed by atoms with van der Waals surface area (Å²) >= 11 is 0. The van der Waals surface area contributed by atoms with Gasteiger partial charge in [-0.2, -0.15) is 0 Å². The van der Waals surface area contributed by atoms with Crippen molar-refractivity contribution < 1.29 is 0 Å². The molecule has 1 heterocycles. The molecule has 1 aromatic heterocycles. The van der Waals surface area contributed by atoms with E-state index in [-0.39, 0.29) is 0 Å². The number of allylic oxidation sites excluding steroid dienone is 4. The van der Waals surface area contributed by atoms with E-state index in [1.54, 1.807) is 0 Å². The van der Waals surface area contributed by atoms with Crippen molar-refractivity contribution in [3.8, 4) is 0 Å². The number of rotatable bonds is 10. The summed E-state index contributed by atoms with van der Waals surface area (Å²) in [5, 5.41) is 3.42. The van der Waals surface area contributed by atoms with Crippen LogP contribution in [0.2, 0.25) is 0 Å². The minimum absolute atomic E-state index is 0.570. The van der Waals surface area contributed by atoms with Crippen molar-refractivity contribution >= 4 is 5.95 Å². The van der Waals surface area contributed by atoms with Crippen LogP contribution >= 0.6 is 0 Å². The van der Waals surface area contributed by atoms with Gasteiger partial charge in [-0.25, -0.2) is 15.4 Å². The van der Waals surface area contributed by atoms with E-state index in [1.165, 1.54) is 43.4 Å². The van der Waals surface area contributed by atoms with Crippen LogP contribution in [0.5, 0.6) is 0 Å². The fraction of sp³-hybridized carbons (Fsp3) is 0.538. The smallest absolute Gasteiger partial charge is 0.223 e. The molecule has 0 atom stereocenters. The molecule has 0 aliphatic heterocycles. The largest absolute Gasteiger partial charge is 0.399 e. The lowest BCUT2D eigenvalue weighted by Gasteiger charge is -2.21. The third-order valence-corrected chi connectivity index (χ3v) is 5.59. The first kappa shape index (κ1) is 27.4. The summed E-state index contributed by atoms with van der Waals surface area (Å²) in [4.78, 5) is 9.24. The summed E-state index contributed by atoms with van der Waals surface area (Å²) < 4.78 is 0. The standard InChI is InChI=1S/C24H38N6.C2H6/c1-6-19(23(30-26-5)18(4)12-13-21(25)17(2)3)16-28-24-27-15-14-22(29-24)20-10-8-7-9-11-20;1-2/h12-15,20,26,30H,2,6-11,16,25H2,1,3-5H3,(H,27,28,29);1-2H3/b18-12+,21-13+,23-19+;. The first-order valence-electron chi connectivity index (χ1n) is 12.0. The number of hydrogen-bond acceptors (Lipinski definition) is 6. The number of nitrogens with two attached hydrogens (primary N) is 1. The fourth-order valence-electron chi connectivity index (χ4n) is 3.69. The molecular formula is C26H44N6. The molecule has 0 radical (unpaired) electrons. The van der Waals surface area contributed by atoms with Gasteiger partial charge in [-0.3, -0.25) is 0 Å². The van der Waals surface area contributed by atoms with Crippen molar-refractivity contribution in [2.75, 3.05) is 18.9 Å². The first-order valence-corrected chi connectivity index (χ1v) is 12.0. The number of nitrogens with zero attached hydrogens (tertiary/aromatic N) is 2. The van der Waals surface area contributed by atoms with Gasteiger partial charge in [-0.1, -0.05) is 52.7 Å². The van der Waals surface area contributed by atoms with Crippen LogP contribution in [0.1, 0.15) is 84.8 Å². The molecule has 2 rings (SSSR count). The summed E-state index contributed by atoms with van der Waals surface area (Å²) in [6.07, 6.45) is 13.1. The molecular weight excluding hydrogens is 396 g/mol. The molecule has 1 aliphatic rings. The van der Waals surface area contributed by atoms with Gasteiger partial charge in [-0.05, 0) is 62.0 Å². The van der Waals surface area contributed by atoms with Crippen molar-refractivity contribution in [1.29, 1.82) is 0 Å². The first-order chi connectivity index (χ1) is 15.5. The van der Waals surface area contributed by atoms with Crippen molar-refractivity contribution in [2.45, 2.75) is 79.1 Å². The molecule has 1 fully saturated rings. The third kappa shape index (κ3) is 8.87. The molecule has 1 aliphatic carbocycles. The van der Waals surface area contributed by atoms with Crippen LogP contribution in [0.3, 0.4) is 0 Å². The molecule has 0 aromatic carbocycles. The zero-order valence-corrected chi connectivity index (χ0v) is 21.0. The van der Waals surface area contributed by atoms with Gasteiger partial charge in [0, 0.05) is 37.1 Å². The SMILES string of the molecule is C=C(C)\C(N)=C/C=C(C)/C(NNC)=C(/CC)CNc1nccc(C2CCCCC2)n1.CC. The second-order valence-electron chi connectivity index (χ2n) is 7.95. The molecule has 32 heavy (non-hydrogen) atoms. The normalized spacial score (nSPS) is 15.9. The van der Waals surface area contributed by atoms with Gasteiger partial charge < -0.3 is 16.5 Å². The van der Waals surface area contributed by atoms with E-state index in [0.717, 1.165) is 23.3 Å². The number of nitrogens with one attached hydrogen (secondary N) is 3. The van der Waals surface area contributed by atoms with E-state index in [0.29, 0.717) is 24.1 Å². The molecule has 1 aromatic rings. The van der Waals surface area contributed by atoms with Gasteiger partial charge in [0.05, 0.1) is 5.70 Å². The van der Waals surface area contributed by atoms with Crippen LogP contribution in [0.15, 0.2) is 59.1 Å². The fourth-order valence-corrected chi connectivity index (χ4v) is 3.69. The Bertz CT molecular complexity index is 800. The maximum absolute atomic E-state index is 5.99. The lowest BCUT2D eigenvalue weighted by Crippen LogP contribution is -2.29. The predicted octanol–water partition coefficient (Wildman–Crippen LogP) is 5.72. The second-order valence-corrected chi connectivity index (χ2v) is 7.95. The molecule has 0 bridgehead atoms. The Morgan fingerprint density at radius 3 is 2.47 bits per heavy atom. The molecule has 0 spiro atoms. The quantitative estimate of drug-likeness (QED) is 0.275. The highest BCUT2D eigenvalue weighted by molar-refractivity contribution is 5.40. The summed E-state index contributed by atoms with van der Waals surface area (Å²) in [6.45, 7) is 14.7. The average Bonchev–Trinajstić information content (AvgIpc) is 2.83. The summed E-state index contributed by atoms with van der Waals surface area (Å²) in [5.74, 6) is 1.27. The van der Waals surface area contributed by atoms with Crippen LogP contribution in [0.4, 0.5) is 5.95 Å². The van der Waals surface area contributed by atoms with E-state index in [4.69, 9.17) is 10.7 Å². The molecule has 178 valence electrons. The van der Waals surface area contributed by atoms with Gasteiger partial charge in [0.25, 0.3) is 0 Å². The lowest BCUT2D eigenvalue weighted by atomic mass is 9.87. The highest BCUT2D eigenvalue weighted by Crippen LogP contribution is 2.31. The Kier molecular flexibility index (Phi) is 13.1. The Labute approximate surface area is 195 Å². The van der Waals surface area contributed by atoms with E-state index in [2.05, 4.69) is 47.6 Å². The Morgan fingerprint density at radius 1 is 1.19 bits per heavy atom. The van der Waals surface area contributed by atoms with E-state index in [1.807, 2.05) is 46.2 Å². The highest BCUT2D eigenvalue weighted by atomic mass is 15.3.